The molecule has 0 fully saturated rings. The Hall–Kier alpha value is -1.79. The minimum Gasteiger partial charge on any atom is -0.481 e. The molecule has 2 unspecified atom stereocenters. The molecule has 0 amide bonds. The quantitative estimate of drug-likeness (QED) is 0.223. The molecule has 0 aliphatic carbocycles. The van der Waals surface area contributed by atoms with Crippen LogP contribution in [0.4, 0.5) is 0 Å². The van der Waals surface area contributed by atoms with E-state index in [0.717, 1.165) is 0 Å². The standard InChI is InChI=1S/C6H15NO3.C6H8O7/c1-5(9)7(3-4-8)6(2)10;7-3(8)1-6(13,5(11)12)2-4(9)10/h5-6,8-10H,3-4H2,1-2H3;13H,1-2H2,(H,7,8)(H,9,10)(H,11,12). The Kier molecular flexibility index (Phi) is 11.1. The molecular formula is C12H23NO10. The predicted molar refractivity (Wildman–Crippen MR) is 74.2 cm³/mol. The van der Waals surface area contributed by atoms with Crippen LogP contribution in [0.1, 0.15) is 26.7 Å². The van der Waals surface area contributed by atoms with E-state index in [2.05, 4.69) is 0 Å². The van der Waals surface area contributed by atoms with E-state index in [4.69, 9.17) is 35.7 Å². The van der Waals surface area contributed by atoms with Gasteiger partial charge in [-0.2, -0.15) is 0 Å². The summed E-state index contributed by atoms with van der Waals surface area (Å²) in [6.07, 6.45) is -3.72. The zero-order chi connectivity index (χ0) is 18.8. The molecule has 0 aliphatic heterocycles. The third kappa shape index (κ3) is 10.5. The highest BCUT2D eigenvalue weighted by atomic mass is 16.4. The number of hydrogen-bond acceptors (Lipinski definition) is 8. The van der Waals surface area contributed by atoms with Gasteiger partial charge in [0.25, 0.3) is 0 Å². The lowest BCUT2D eigenvalue weighted by atomic mass is 9.96. The second-order valence-electron chi connectivity index (χ2n) is 4.70. The van der Waals surface area contributed by atoms with Crippen molar-refractivity contribution in [2.45, 2.75) is 44.7 Å². The van der Waals surface area contributed by atoms with Crippen LogP contribution >= 0.6 is 0 Å². The molecule has 0 heterocycles. The Morgan fingerprint density at radius 1 is 0.957 bits per heavy atom. The SMILES string of the molecule is CC(O)N(CCO)C(C)O.O=C(O)CC(O)(CC(=O)O)C(=O)O. The van der Waals surface area contributed by atoms with Crippen molar-refractivity contribution in [2.24, 2.45) is 0 Å². The first kappa shape index (κ1) is 23.5. The smallest absolute Gasteiger partial charge is 0.336 e. The summed E-state index contributed by atoms with van der Waals surface area (Å²) in [5.74, 6) is -5.02. The van der Waals surface area contributed by atoms with Gasteiger partial charge < -0.3 is 35.7 Å². The maximum atomic E-state index is 10.3. The van der Waals surface area contributed by atoms with Crippen molar-refractivity contribution >= 4 is 17.9 Å². The molecule has 0 saturated heterocycles. The molecule has 0 aromatic heterocycles. The lowest BCUT2D eigenvalue weighted by Crippen LogP contribution is -2.42. The molecular weight excluding hydrogens is 318 g/mol. The van der Waals surface area contributed by atoms with Gasteiger partial charge in [-0.05, 0) is 13.8 Å². The highest BCUT2D eigenvalue weighted by molar-refractivity contribution is 5.88. The van der Waals surface area contributed by atoms with Crippen molar-refractivity contribution in [1.82, 2.24) is 4.90 Å². The predicted octanol–water partition coefficient (Wildman–Crippen LogP) is -2.29. The monoisotopic (exact) mass is 341 g/mol. The van der Waals surface area contributed by atoms with E-state index in [-0.39, 0.29) is 13.2 Å². The highest BCUT2D eigenvalue weighted by Gasteiger charge is 2.40. The van der Waals surface area contributed by atoms with Crippen molar-refractivity contribution in [3.63, 3.8) is 0 Å². The molecule has 0 saturated carbocycles. The van der Waals surface area contributed by atoms with Crippen molar-refractivity contribution in [3.8, 4) is 0 Å². The Morgan fingerprint density at radius 3 is 1.43 bits per heavy atom. The summed E-state index contributed by atoms with van der Waals surface area (Å²) < 4.78 is 0. The Morgan fingerprint density at radius 2 is 1.30 bits per heavy atom. The second kappa shape index (κ2) is 10.9. The molecule has 0 bridgehead atoms. The Labute approximate surface area is 132 Å². The van der Waals surface area contributed by atoms with Crippen molar-refractivity contribution in [2.75, 3.05) is 13.2 Å². The minimum atomic E-state index is -2.74. The van der Waals surface area contributed by atoms with Gasteiger partial charge in [0.15, 0.2) is 5.60 Å². The summed E-state index contributed by atoms with van der Waals surface area (Å²) in [6.45, 7) is 3.32. The molecule has 2 atom stereocenters. The van der Waals surface area contributed by atoms with E-state index in [1.165, 1.54) is 4.90 Å². The minimum absolute atomic E-state index is 0.0597. The van der Waals surface area contributed by atoms with E-state index in [9.17, 15) is 14.4 Å². The fraction of sp³-hybridized carbons (Fsp3) is 0.750. The zero-order valence-corrected chi connectivity index (χ0v) is 12.8. The van der Waals surface area contributed by atoms with Gasteiger partial charge >= 0.3 is 17.9 Å². The van der Waals surface area contributed by atoms with Crippen molar-refractivity contribution < 1.29 is 50.1 Å². The first-order valence-corrected chi connectivity index (χ1v) is 6.49. The van der Waals surface area contributed by atoms with E-state index >= 15 is 0 Å². The van der Waals surface area contributed by atoms with Gasteiger partial charge in [-0.25, -0.2) is 4.79 Å². The van der Waals surface area contributed by atoms with Crippen LogP contribution in [0.2, 0.25) is 0 Å². The lowest BCUT2D eigenvalue weighted by Gasteiger charge is -2.26. The molecule has 0 aromatic rings. The average molecular weight is 341 g/mol. The molecule has 23 heavy (non-hydrogen) atoms. The molecule has 0 aliphatic rings. The first-order valence-electron chi connectivity index (χ1n) is 6.49. The fourth-order valence-electron chi connectivity index (χ4n) is 1.52. The van der Waals surface area contributed by atoms with Gasteiger partial charge in [0.1, 0.15) is 12.5 Å². The Bertz CT molecular complexity index is 371. The largest absolute Gasteiger partial charge is 0.481 e. The molecule has 0 rings (SSSR count). The number of rotatable bonds is 9. The van der Waals surface area contributed by atoms with E-state index in [0.29, 0.717) is 0 Å². The fourth-order valence-corrected chi connectivity index (χ4v) is 1.52. The number of nitrogens with zero attached hydrogens (tertiary/aromatic N) is 1. The topological polar surface area (TPSA) is 196 Å². The summed E-state index contributed by atoms with van der Waals surface area (Å²) in [5.41, 5.74) is -2.74. The van der Waals surface area contributed by atoms with Gasteiger partial charge in [0, 0.05) is 6.54 Å². The number of aliphatic hydroxyl groups is 4. The average Bonchev–Trinajstić information content (AvgIpc) is 2.33. The normalized spacial score (nSPS) is 13.7. The second-order valence-corrected chi connectivity index (χ2v) is 4.70. The molecule has 7 N–H and O–H groups in total. The lowest BCUT2D eigenvalue weighted by molar-refractivity contribution is -0.170. The third-order valence-corrected chi connectivity index (χ3v) is 2.60. The van der Waals surface area contributed by atoms with Gasteiger partial charge in [0.2, 0.25) is 0 Å². The third-order valence-electron chi connectivity index (χ3n) is 2.60. The summed E-state index contributed by atoms with van der Waals surface area (Å²) in [5, 5.41) is 60.2. The maximum Gasteiger partial charge on any atom is 0.336 e. The zero-order valence-electron chi connectivity index (χ0n) is 12.8. The van der Waals surface area contributed by atoms with Crippen LogP contribution in [0.3, 0.4) is 0 Å². The number of aliphatic carboxylic acids is 3. The van der Waals surface area contributed by atoms with E-state index < -0.39 is 48.8 Å². The van der Waals surface area contributed by atoms with Crippen molar-refractivity contribution in [3.05, 3.63) is 0 Å². The summed E-state index contributed by atoms with van der Waals surface area (Å²) in [4.78, 5) is 31.9. The maximum absolute atomic E-state index is 10.3. The summed E-state index contributed by atoms with van der Waals surface area (Å²) >= 11 is 0. The molecule has 0 aromatic carbocycles. The molecule has 11 heteroatoms. The number of carboxylic acid groups (broad SMARTS) is 3. The van der Waals surface area contributed by atoms with Gasteiger partial charge in [0.05, 0.1) is 19.4 Å². The molecule has 11 nitrogen and oxygen atoms in total. The van der Waals surface area contributed by atoms with Crippen LogP contribution in [0.15, 0.2) is 0 Å². The Balaban J connectivity index is 0. The molecule has 136 valence electrons. The number of hydrogen-bond donors (Lipinski definition) is 7. The van der Waals surface area contributed by atoms with Crippen LogP contribution in [0, 0.1) is 0 Å². The van der Waals surface area contributed by atoms with Crippen LogP contribution in [-0.4, -0.2) is 89.8 Å². The highest BCUT2D eigenvalue weighted by Crippen LogP contribution is 2.15. The number of carbonyl (C=O) groups is 3. The van der Waals surface area contributed by atoms with Gasteiger partial charge in [-0.15, -0.1) is 0 Å². The number of aliphatic hydroxyl groups excluding tert-OH is 3. The van der Waals surface area contributed by atoms with E-state index in [1.807, 2.05) is 0 Å². The van der Waals surface area contributed by atoms with Crippen LogP contribution in [0.5, 0.6) is 0 Å². The summed E-state index contributed by atoms with van der Waals surface area (Å²) in [7, 11) is 0. The van der Waals surface area contributed by atoms with Crippen LogP contribution in [0.25, 0.3) is 0 Å². The molecule has 0 spiro atoms. The van der Waals surface area contributed by atoms with Crippen LogP contribution < -0.4 is 0 Å². The molecule has 0 radical (unpaired) electrons. The van der Waals surface area contributed by atoms with Gasteiger partial charge in [-0.1, -0.05) is 0 Å². The van der Waals surface area contributed by atoms with E-state index in [1.54, 1.807) is 13.8 Å². The van der Waals surface area contributed by atoms with Gasteiger partial charge in [-0.3, -0.25) is 14.5 Å². The first-order chi connectivity index (χ1) is 10.4. The van der Waals surface area contributed by atoms with Crippen LogP contribution in [-0.2, 0) is 14.4 Å². The summed E-state index contributed by atoms with van der Waals surface area (Å²) in [6, 6.07) is 0. The van der Waals surface area contributed by atoms with Crippen molar-refractivity contribution in [1.29, 1.82) is 0 Å². The number of carboxylic acids is 3.